The number of anilines is 1. The van der Waals surface area contributed by atoms with E-state index in [4.69, 9.17) is 10.6 Å². The molecule has 0 aliphatic heterocycles. The second kappa shape index (κ2) is 5.82. The van der Waals surface area contributed by atoms with Crippen LogP contribution in [0.1, 0.15) is 5.82 Å². The predicted molar refractivity (Wildman–Crippen MR) is 69.0 cm³/mol. The Kier molecular flexibility index (Phi) is 4.28. The van der Waals surface area contributed by atoms with E-state index in [2.05, 4.69) is 25.9 Å². The number of nitrogens with two attached hydrogens (primary N) is 1. The largest absolute Gasteiger partial charge is 0.451 e. The molecule has 0 fully saturated rings. The number of hydrogen-bond donors (Lipinski definition) is 2. The van der Waals surface area contributed by atoms with Crippen LogP contribution in [0.5, 0.6) is 11.6 Å². The number of nitrogens with one attached hydrogen (secondary N) is 1. The van der Waals surface area contributed by atoms with Crippen LogP contribution in [0.15, 0.2) is 28.7 Å². The second-order valence-electron chi connectivity index (χ2n) is 3.76. The fourth-order valence-electron chi connectivity index (χ4n) is 1.39. The molecular formula is C11H7BrF4N4O. The number of alkyl halides is 3. The second-order valence-corrected chi connectivity index (χ2v) is 4.68. The molecule has 1 aromatic carbocycles. The lowest BCUT2D eigenvalue weighted by atomic mass is 10.3. The fraction of sp³-hybridized carbons (Fsp3) is 0.0909. The van der Waals surface area contributed by atoms with Crippen LogP contribution in [0.2, 0.25) is 0 Å². The van der Waals surface area contributed by atoms with Crippen molar-refractivity contribution in [2.45, 2.75) is 6.18 Å². The van der Waals surface area contributed by atoms with Crippen molar-refractivity contribution in [3.05, 3.63) is 40.4 Å². The summed E-state index contributed by atoms with van der Waals surface area (Å²) in [6.45, 7) is 0. The third-order valence-corrected chi connectivity index (χ3v) is 2.62. The van der Waals surface area contributed by atoms with Crippen LogP contribution in [0.4, 0.5) is 23.4 Å². The molecule has 0 saturated carbocycles. The molecule has 5 nitrogen and oxygen atoms in total. The molecule has 112 valence electrons. The lowest BCUT2D eigenvalue weighted by Crippen LogP contribution is -2.16. The highest BCUT2D eigenvalue weighted by Crippen LogP contribution is 2.31. The molecule has 10 heteroatoms. The Morgan fingerprint density at radius 1 is 1.14 bits per heavy atom. The van der Waals surface area contributed by atoms with Crippen LogP contribution < -0.4 is 16.0 Å². The number of hydrogen-bond acceptors (Lipinski definition) is 5. The molecule has 0 atom stereocenters. The molecule has 0 radical (unpaired) electrons. The van der Waals surface area contributed by atoms with Gasteiger partial charge in [-0.1, -0.05) is 15.9 Å². The summed E-state index contributed by atoms with van der Waals surface area (Å²) in [6.07, 6.45) is -4.77. The summed E-state index contributed by atoms with van der Waals surface area (Å²) >= 11 is 3.04. The maximum atomic E-state index is 13.2. The lowest BCUT2D eigenvalue weighted by molar-refractivity contribution is -0.145. The van der Waals surface area contributed by atoms with Crippen LogP contribution in [-0.2, 0) is 6.18 Å². The molecule has 0 spiro atoms. The Morgan fingerprint density at radius 3 is 2.43 bits per heavy atom. The fourth-order valence-corrected chi connectivity index (χ4v) is 1.83. The molecule has 1 aromatic heterocycles. The zero-order valence-corrected chi connectivity index (χ0v) is 11.7. The van der Waals surface area contributed by atoms with E-state index in [1.54, 1.807) is 0 Å². The van der Waals surface area contributed by atoms with Gasteiger partial charge in [0.15, 0.2) is 0 Å². The standard InChI is InChI=1S/C11H7BrF4N4O/c12-5-1-6(13)3-7(2-5)21-9-4-8(20-17)18-10(19-9)11(14,15)16/h1-4H,17H2,(H,18,19,20). The average Bonchev–Trinajstić information content (AvgIpc) is 2.36. The molecule has 2 aromatic rings. The third kappa shape index (κ3) is 4.02. The number of ether oxygens (including phenoxy) is 1. The first-order valence-corrected chi connectivity index (χ1v) is 6.14. The first-order chi connectivity index (χ1) is 9.77. The summed E-state index contributed by atoms with van der Waals surface area (Å²) in [5.74, 6) is 2.24. The van der Waals surface area contributed by atoms with Crippen LogP contribution in [0.3, 0.4) is 0 Å². The minimum atomic E-state index is -4.77. The first-order valence-electron chi connectivity index (χ1n) is 5.35. The van der Waals surface area contributed by atoms with Crippen molar-refractivity contribution in [1.82, 2.24) is 9.97 Å². The quantitative estimate of drug-likeness (QED) is 0.494. The highest BCUT2D eigenvalue weighted by atomic mass is 79.9. The monoisotopic (exact) mass is 366 g/mol. The van der Waals surface area contributed by atoms with E-state index in [0.717, 1.165) is 12.1 Å². The van der Waals surface area contributed by atoms with Gasteiger partial charge < -0.3 is 10.2 Å². The Balaban J connectivity index is 2.39. The molecule has 0 aliphatic carbocycles. The molecule has 21 heavy (non-hydrogen) atoms. The van der Waals surface area contributed by atoms with Crippen molar-refractivity contribution in [2.75, 3.05) is 5.43 Å². The van der Waals surface area contributed by atoms with Gasteiger partial charge in [0.2, 0.25) is 11.7 Å². The van der Waals surface area contributed by atoms with Gasteiger partial charge in [-0.3, -0.25) is 0 Å². The smallest absolute Gasteiger partial charge is 0.439 e. The highest BCUT2D eigenvalue weighted by Gasteiger charge is 2.35. The van der Waals surface area contributed by atoms with Crippen molar-refractivity contribution < 1.29 is 22.3 Å². The van der Waals surface area contributed by atoms with E-state index < -0.39 is 23.7 Å². The van der Waals surface area contributed by atoms with Crippen LogP contribution >= 0.6 is 15.9 Å². The molecule has 0 amide bonds. The maximum Gasteiger partial charge on any atom is 0.451 e. The van der Waals surface area contributed by atoms with E-state index >= 15 is 0 Å². The number of nitrogen functional groups attached to an aromatic ring is 1. The van der Waals surface area contributed by atoms with Gasteiger partial charge in [0.1, 0.15) is 17.4 Å². The number of nitrogens with zero attached hydrogens (tertiary/aromatic N) is 2. The predicted octanol–water partition coefficient (Wildman–Crippen LogP) is 3.47. The Morgan fingerprint density at radius 2 is 1.86 bits per heavy atom. The number of hydrazine groups is 1. The minimum absolute atomic E-state index is 0.0309. The molecule has 0 saturated heterocycles. The van der Waals surface area contributed by atoms with Gasteiger partial charge in [0.05, 0.1) is 0 Å². The van der Waals surface area contributed by atoms with Crippen LogP contribution in [-0.4, -0.2) is 9.97 Å². The summed E-state index contributed by atoms with van der Waals surface area (Å²) in [5.41, 5.74) is 1.97. The molecule has 3 N–H and O–H groups in total. The third-order valence-electron chi connectivity index (χ3n) is 2.16. The van der Waals surface area contributed by atoms with E-state index in [-0.39, 0.29) is 11.6 Å². The van der Waals surface area contributed by atoms with Gasteiger partial charge in [-0.25, -0.2) is 15.2 Å². The van der Waals surface area contributed by atoms with E-state index in [1.165, 1.54) is 12.1 Å². The SMILES string of the molecule is NNc1cc(Oc2cc(F)cc(Br)c2)nc(C(F)(F)F)n1. The van der Waals surface area contributed by atoms with Gasteiger partial charge in [0, 0.05) is 16.6 Å². The maximum absolute atomic E-state index is 13.2. The molecule has 2 rings (SSSR count). The van der Waals surface area contributed by atoms with Crippen molar-refractivity contribution in [1.29, 1.82) is 0 Å². The summed E-state index contributed by atoms with van der Waals surface area (Å²) in [6, 6.07) is 4.58. The summed E-state index contributed by atoms with van der Waals surface area (Å²) in [5, 5.41) is 0. The van der Waals surface area contributed by atoms with E-state index in [1.807, 2.05) is 5.43 Å². The van der Waals surface area contributed by atoms with E-state index in [9.17, 15) is 17.6 Å². The highest BCUT2D eigenvalue weighted by molar-refractivity contribution is 9.10. The van der Waals surface area contributed by atoms with E-state index in [0.29, 0.717) is 4.47 Å². The van der Waals surface area contributed by atoms with Gasteiger partial charge in [-0.15, -0.1) is 0 Å². The van der Waals surface area contributed by atoms with Crippen molar-refractivity contribution in [2.24, 2.45) is 5.84 Å². The molecule has 0 bridgehead atoms. The Hall–Kier alpha value is -1.94. The lowest BCUT2D eigenvalue weighted by Gasteiger charge is -2.10. The summed E-state index contributed by atoms with van der Waals surface area (Å²) in [4.78, 5) is 6.38. The van der Waals surface area contributed by atoms with Crippen molar-refractivity contribution in [3.63, 3.8) is 0 Å². The molecule has 1 heterocycles. The normalized spacial score (nSPS) is 11.3. The van der Waals surface area contributed by atoms with Gasteiger partial charge in [-0.05, 0) is 12.1 Å². The topological polar surface area (TPSA) is 73.1 Å². The number of aromatic nitrogens is 2. The summed E-state index contributed by atoms with van der Waals surface area (Å²) in [7, 11) is 0. The average molecular weight is 367 g/mol. The van der Waals surface area contributed by atoms with Crippen LogP contribution in [0, 0.1) is 5.82 Å². The molecule has 0 aliphatic rings. The molecule has 0 unspecified atom stereocenters. The van der Waals surface area contributed by atoms with Gasteiger partial charge in [0.25, 0.3) is 0 Å². The van der Waals surface area contributed by atoms with Crippen molar-refractivity contribution >= 4 is 21.7 Å². The number of rotatable bonds is 3. The first kappa shape index (κ1) is 15.4. The Bertz CT molecular complexity index is 645. The zero-order valence-electron chi connectivity index (χ0n) is 10.1. The van der Waals surface area contributed by atoms with Gasteiger partial charge in [-0.2, -0.15) is 18.2 Å². The summed E-state index contributed by atoms with van der Waals surface area (Å²) < 4.78 is 56.6. The number of halogens is 5. The zero-order chi connectivity index (χ0) is 15.6. The minimum Gasteiger partial charge on any atom is -0.439 e. The number of benzene rings is 1. The molecular weight excluding hydrogens is 360 g/mol. The van der Waals surface area contributed by atoms with Gasteiger partial charge >= 0.3 is 6.18 Å². The van der Waals surface area contributed by atoms with Crippen LogP contribution in [0.25, 0.3) is 0 Å². The Labute approximate surface area is 124 Å². The van der Waals surface area contributed by atoms with Crippen molar-refractivity contribution in [3.8, 4) is 11.6 Å².